The van der Waals surface area contributed by atoms with Gasteiger partial charge in [-0.2, -0.15) is 0 Å². The van der Waals surface area contributed by atoms with E-state index in [4.69, 9.17) is 9.31 Å². The fraction of sp³-hybridized carbons (Fsp3) is 1.00. The van der Waals surface area contributed by atoms with Gasteiger partial charge in [-0.15, -0.1) is 0 Å². The second-order valence-corrected chi connectivity index (χ2v) is 6.10. The predicted molar refractivity (Wildman–Crippen MR) is 58.3 cm³/mol. The molecular formula is C11H21BO2. The zero-order valence-electron chi connectivity index (χ0n) is 10.0. The van der Waals surface area contributed by atoms with Crippen molar-refractivity contribution in [3.8, 4) is 0 Å². The van der Waals surface area contributed by atoms with Gasteiger partial charge in [-0.05, 0) is 40.5 Å². The van der Waals surface area contributed by atoms with E-state index in [1.165, 1.54) is 19.3 Å². The van der Waals surface area contributed by atoms with Crippen molar-refractivity contribution in [1.82, 2.24) is 0 Å². The van der Waals surface area contributed by atoms with Crippen molar-refractivity contribution in [1.29, 1.82) is 0 Å². The van der Waals surface area contributed by atoms with Crippen LogP contribution in [0.1, 0.15) is 53.9 Å². The Labute approximate surface area is 87.5 Å². The van der Waals surface area contributed by atoms with Crippen LogP contribution in [0.15, 0.2) is 0 Å². The van der Waals surface area contributed by atoms with Gasteiger partial charge in [-0.1, -0.05) is 13.3 Å². The van der Waals surface area contributed by atoms with Gasteiger partial charge in [0.05, 0.1) is 11.2 Å². The molecule has 3 heteroatoms. The lowest BCUT2D eigenvalue weighted by Crippen LogP contribution is -2.41. The summed E-state index contributed by atoms with van der Waals surface area (Å²) in [5, 5.41) is 0.269. The highest BCUT2D eigenvalue weighted by Crippen LogP contribution is 2.55. The van der Waals surface area contributed by atoms with Crippen molar-refractivity contribution >= 4 is 7.12 Å². The molecular weight excluding hydrogens is 175 g/mol. The first-order valence-electron chi connectivity index (χ1n) is 5.63. The molecule has 80 valence electrons. The van der Waals surface area contributed by atoms with Crippen LogP contribution in [0.4, 0.5) is 0 Å². The van der Waals surface area contributed by atoms with Gasteiger partial charge >= 0.3 is 7.12 Å². The van der Waals surface area contributed by atoms with Gasteiger partial charge in [0.2, 0.25) is 0 Å². The summed E-state index contributed by atoms with van der Waals surface area (Å²) in [7, 11) is 0.00116. The van der Waals surface area contributed by atoms with E-state index in [1.807, 2.05) is 0 Å². The molecule has 1 heterocycles. The third kappa shape index (κ3) is 1.33. The second kappa shape index (κ2) is 2.76. The first kappa shape index (κ1) is 10.5. The standard InChI is InChI=1S/C11H21BO2/c1-9(2)10(3,4)14-12(13-9)11(5)7-6-8-11/h6-8H2,1-5H3. The van der Waals surface area contributed by atoms with Crippen molar-refractivity contribution < 1.29 is 9.31 Å². The highest BCUT2D eigenvalue weighted by molar-refractivity contribution is 6.49. The van der Waals surface area contributed by atoms with Gasteiger partial charge in [0, 0.05) is 5.31 Å². The van der Waals surface area contributed by atoms with Crippen LogP contribution in [0.3, 0.4) is 0 Å². The first-order valence-corrected chi connectivity index (χ1v) is 5.63. The molecule has 1 aliphatic heterocycles. The van der Waals surface area contributed by atoms with Crippen molar-refractivity contribution in [3.05, 3.63) is 0 Å². The monoisotopic (exact) mass is 196 g/mol. The average molecular weight is 196 g/mol. The van der Waals surface area contributed by atoms with Gasteiger partial charge in [-0.25, -0.2) is 0 Å². The quantitative estimate of drug-likeness (QED) is 0.600. The minimum atomic E-state index is -0.170. The van der Waals surface area contributed by atoms with Crippen LogP contribution in [0.2, 0.25) is 5.31 Å². The van der Waals surface area contributed by atoms with E-state index >= 15 is 0 Å². The molecule has 0 unspecified atom stereocenters. The minimum Gasteiger partial charge on any atom is -0.403 e. The third-order valence-electron chi connectivity index (χ3n) is 4.32. The highest BCUT2D eigenvalue weighted by Gasteiger charge is 2.59. The molecule has 0 atom stereocenters. The molecule has 2 aliphatic rings. The highest BCUT2D eigenvalue weighted by atomic mass is 16.7. The maximum Gasteiger partial charge on any atom is 0.464 e. The average Bonchev–Trinajstić information content (AvgIpc) is 2.17. The Hall–Kier alpha value is -0.0151. The summed E-state index contributed by atoms with van der Waals surface area (Å²) in [6.45, 7) is 10.8. The Balaban J connectivity index is 2.13. The maximum atomic E-state index is 6.05. The van der Waals surface area contributed by atoms with E-state index in [0.29, 0.717) is 0 Å². The Morgan fingerprint density at radius 1 is 0.857 bits per heavy atom. The van der Waals surface area contributed by atoms with Crippen molar-refractivity contribution in [2.75, 3.05) is 0 Å². The van der Waals surface area contributed by atoms with E-state index in [0.717, 1.165) is 0 Å². The van der Waals surface area contributed by atoms with Crippen LogP contribution < -0.4 is 0 Å². The lowest BCUT2D eigenvalue weighted by atomic mass is 9.48. The van der Waals surface area contributed by atoms with E-state index in [1.54, 1.807) is 0 Å². The first-order chi connectivity index (χ1) is 6.27. The van der Waals surface area contributed by atoms with Gasteiger partial charge in [0.15, 0.2) is 0 Å². The SMILES string of the molecule is CC1(B2OC(C)(C)C(C)(C)O2)CCC1. The van der Waals surface area contributed by atoms with E-state index in [2.05, 4.69) is 34.6 Å². The van der Waals surface area contributed by atoms with E-state index < -0.39 is 0 Å². The molecule has 0 N–H and O–H groups in total. The van der Waals surface area contributed by atoms with Crippen molar-refractivity contribution in [3.63, 3.8) is 0 Å². The summed E-state index contributed by atoms with van der Waals surface area (Å²) >= 11 is 0. The van der Waals surface area contributed by atoms with Crippen LogP contribution in [0, 0.1) is 0 Å². The van der Waals surface area contributed by atoms with Crippen LogP contribution in [-0.2, 0) is 9.31 Å². The van der Waals surface area contributed by atoms with Crippen LogP contribution in [0.25, 0.3) is 0 Å². The molecule has 2 fully saturated rings. The van der Waals surface area contributed by atoms with Crippen molar-refractivity contribution in [2.45, 2.75) is 70.4 Å². The molecule has 14 heavy (non-hydrogen) atoms. The lowest BCUT2D eigenvalue weighted by Gasteiger charge is -2.39. The third-order valence-corrected chi connectivity index (χ3v) is 4.32. The summed E-state index contributed by atoms with van der Waals surface area (Å²) in [5.74, 6) is 0. The fourth-order valence-electron chi connectivity index (χ4n) is 2.10. The van der Waals surface area contributed by atoms with Crippen molar-refractivity contribution in [2.24, 2.45) is 0 Å². The minimum absolute atomic E-state index is 0.00116. The van der Waals surface area contributed by atoms with E-state index in [9.17, 15) is 0 Å². The molecule has 2 nitrogen and oxygen atoms in total. The van der Waals surface area contributed by atoms with Gasteiger partial charge < -0.3 is 9.31 Å². The Kier molecular flexibility index (Phi) is 2.07. The predicted octanol–water partition coefficient (Wildman–Crippen LogP) is 3.02. The zero-order valence-corrected chi connectivity index (χ0v) is 10.0. The molecule has 0 aromatic heterocycles. The number of hydrogen-bond donors (Lipinski definition) is 0. The molecule has 0 spiro atoms. The molecule has 2 rings (SSSR count). The molecule has 0 amide bonds. The van der Waals surface area contributed by atoms with Crippen LogP contribution in [0.5, 0.6) is 0 Å². The van der Waals surface area contributed by atoms with Gasteiger partial charge in [0.25, 0.3) is 0 Å². The Morgan fingerprint density at radius 3 is 1.57 bits per heavy atom. The molecule has 0 aromatic rings. The summed E-state index contributed by atoms with van der Waals surface area (Å²) in [5.41, 5.74) is -0.341. The van der Waals surface area contributed by atoms with Gasteiger partial charge in [0.1, 0.15) is 0 Å². The fourth-order valence-corrected chi connectivity index (χ4v) is 2.10. The smallest absolute Gasteiger partial charge is 0.403 e. The summed E-state index contributed by atoms with van der Waals surface area (Å²) < 4.78 is 12.1. The normalized spacial score (nSPS) is 32.8. The summed E-state index contributed by atoms with van der Waals surface area (Å²) in [6.07, 6.45) is 3.80. The number of hydrogen-bond acceptors (Lipinski definition) is 2. The molecule has 0 radical (unpaired) electrons. The second-order valence-electron chi connectivity index (χ2n) is 6.10. The largest absolute Gasteiger partial charge is 0.464 e. The maximum absolute atomic E-state index is 6.05. The molecule has 1 saturated heterocycles. The topological polar surface area (TPSA) is 18.5 Å². The summed E-state index contributed by atoms with van der Waals surface area (Å²) in [6, 6.07) is 0. The van der Waals surface area contributed by atoms with Crippen LogP contribution in [-0.4, -0.2) is 18.3 Å². The molecule has 0 bridgehead atoms. The lowest BCUT2D eigenvalue weighted by molar-refractivity contribution is 0.00578. The molecule has 1 aliphatic carbocycles. The Morgan fingerprint density at radius 2 is 1.29 bits per heavy atom. The number of rotatable bonds is 1. The zero-order chi connectivity index (χ0) is 10.6. The molecule has 1 saturated carbocycles. The van der Waals surface area contributed by atoms with E-state index in [-0.39, 0.29) is 23.6 Å². The summed E-state index contributed by atoms with van der Waals surface area (Å²) in [4.78, 5) is 0. The Bertz CT molecular complexity index is 228. The molecule has 0 aromatic carbocycles. The van der Waals surface area contributed by atoms with Gasteiger partial charge in [-0.3, -0.25) is 0 Å². The van der Waals surface area contributed by atoms with Crippen LogP contribution >= 0.6 is 0 Å².